The number of likely N-dealkylation sites (N-methyl/N-ethyl adjacent to an activating group) is 1. The van der Waals surface area contributed by atoms with Crippen LogP contribution in [-0.2, 0) is 6.18 Å². The molecule has 0 fully saturated rings. The van der Waals surface area contributed by atoms with Crippen molar-refractivity contribution in [2.45, 2.75) is 6.18 Å². The van der Waals surface area contributed by atoms with E-state index in [9.17, 15) is 22.4 Å². The largest absolute Gasteiger partial charge is 0.419 e. The van der Waals surface area contributed by atoms with Gasteiger partial charge in [-0.15, -0.1) is 0 Å². The molecule has 0 aliphatic heterocycles. The van der Waals surface area contributed by atoms with Gasteiger partial charge in [0.2, 0.25) is 0 Å². The van der Waals surface area contributed by atoms with Crippen LogP contribution < -0.4 is 5.73 Å². The molecule has 110 valence electrons. The summed E-state index contributed by atoms with van der Waals surface area (Å²) in [5.74, 6) is -2.57. The SMILES string of the molecule is CN(CC(N)=NO)C(=O)c1ccc(F)c(C(F)(F)F)c1. The van der Waals surface area contributed by atoms with E-state index in [4.69, 9.17) is 10.9 Å². The van der Waals surface area contributed by atoms with E-state index in [2.05, 4.69) is 5.16 Å². The highest BCUT2D eigenvalue weighted by Gasteiger charge is 2.34. The minimum absolute atomic E-state index is 0.284. The molecule has 20 heavy (non-hydrogen) atoms. The predicted octanol–water partition coefficient (Wildman–Crippen LogP) is 1.66. The van der Waals surface area contributed by atoms with Crippen LogP contribution in [0.25, 0.3) is 0 Å². The van der Waals surface area contributed by atoms with Crippen LogP contribution in [0.1, 0.15) is 15.9 Å². The van der Waals surface area contributed by atoms with E-state index in [1.807, 2.05) is 0 Å². The monoisotopic (exact) mass is 293 g/mol. The molecule has 5 nitrogen and oxygen atoms in total. The Bertz CT molecular complexity index is 543. The average molecular weight is 293 g/mol. The van der Waals surface area contributed by atoms with E-state index in [1.165, 1.54) is 7.05 Å². The Morgan fingerprint density at radius 2 is 2.05 bits per heavy atom. The van der Waals surface area contributed by atoms with Crippen LogP contribution in [0.2, 0.25) is 0 Å². The van der Waals surface area contributed by atoms with Crippen molar-refractivity contribution >= 4 is 11.7 Å². The first-order valence-electron chi connectivity index (χ1n) is 5.25. The number of hydrogen-bond donors (Lipinski definition) is 2. The smallest absolute Gasteiger partial charge is 0.409 e. The van der Waals surface area contributed by atoms with E-state index < -0.39 is 23.5 Å². The highest BCUT2D eigenvalue weighted by Crippen LogP contribution is 2.32. The molecular formula is C11H11F4N3O2. The zero-order valence-corrected chi connectivity index (χ0v) is 10.3. The minimum atomic E-state index is -4.90. The van der Waals surface area contributed by atoms with Gasteiger partial charge in [0.15, 0.2) is 5.84 Å². The molecule has 1 aromatic carbocycles. The number of rotatable bonds is 3. The maximum atomic E-state index is 13.1. The van der Waals surface area contributed by atoms with Gasteiger partial charge >= 0.3 is 6.18 Å². The Kier molecular flexibility index (Phi) is 4.53. The maximum absolute atomic E-state index is 13.1. The number of benzene rings is 1. The molecule has 0 unspecified atom stereocenters. The van der Waals surface area contributed by atoms with Crippen LogP contribution >= 0.6 is 0 Å². The Balaban J connectivity index is 3.06. The molecule has 1 amide bonds. The topological polar surface area (TPSA) is 78.9 Å². The fourth-order valence-corrected chi connectivity index (χ4v) is 1.44. The first kappa shape index (κ1) is 15.7. The van der Waals surface area contributed by atoms with Crippen molar-refractivity contribution in [3.8, 4) is 0 Å². The number of amidine groups is 1. The van der Waals surface area contributed by atoms with Crippen molar-refractivity contribution in [1.29, 1.82) is 0 Å². The molecule has 0 bridgehead atoms. The van der Waals surface area contributed by atoms with Crippen LogP contribution in [0.3, 0.4) is 0 Å². The van der Waals surface area contributed by atoms with Crippen molar-refractivity contribution < 1.29 is 27.6 Å². The van der Waals surface area contributed by atoms with Gasteiger partial charge in [-0.1, -0.05) is 5.16 Å². The molecule has 0 atom stereocenters. The number of hydrogen-bond acceptors (Lipinski definition) is 3. The molecule has 1 rings (SSSR count). The van der Waals surface area contributed by atoms with E-state index in [-0.39, 0.29) is 17.9 Å². The lowest BCUT2D eigenvalue weighted by atomic mass is 10.1. The lowest BCUT2D eigenvalue weighted by Gasteiger charge is -2.17. The highest BCUT2D eigenvalue weighted by molar-refractivity contribution is 5.97. The second kappa shape index (κ2) is 5.76. The lowest BCUT2D eigenvalue weighted by Crippen LogP contribution is -2.35. The number of nitrogens with two attached hydrogens (primary N) is 1. The molecule has 0 saturated carbocycles. The molecule has 0 saturated heterocycles. The van der Waals surface area contributed by atoms with Crippen LogP contribution in [0, 0.1) is 5.82 Å². The average Bonchev–Trinajstić information content (AvgIpc) is 2.36. The summed E-state index contributed by atoms with van der Waals surface area (Å²) in [5, 5.41) is 11.0. The Morgan fingerprint density at radius 3 is 2.55 bits per heavy atom. The number of carbonyl (C=O) groups is 1. The van der Waals surface area contributed by atoms with Crippen molar-refractivity contribution in [2.24, 2.45) is 10.9 Å². The third-order valence-corrected chi connectivity index (χ3v) is 2.39. The molecule has 1 aromatic rings. The number of amides is 1. The summed E-state index contributed by atoms with van der Waals surface area (Å²) in [6, 6.07) is 1.91. The zero-order chi connectivity index (χ0) is 15.5. The Labute approximate surface area is 111 Å². The van der Waals surface area contributed by atoms with E-state index in [0.717, 1.165) is 11.0 Å². The molecule has 0 heterocycles. The van der Waals surface area contributed by atoms with E-state index in [1.54, 1.807) is 0 Å². The number of nitrogens with zero attached hydrogens (tertiary/aromatic N) is 2. The molecule has 0 spiro atoms. The van der Waals surface area contributed by atoms with Crippen LogP contribution in [0.15, 0.2) is 23.4 Å². The predicted molar refractivity (Wildman–Crippen MR) is 61.8 cm³/mol. The standard InChI is InChI=1S/C11H11F4N3O2/c1-18(5-9(16)17-20)10(19)6-2-3-8(12)7(4-6)11(13,14)15/h2-4,20H,5H2,1H3,(H2,16,17). The number of carbonyl (C=O) groups excluding carboxylic acids is 1. The quantitative estimate of drug-likeness (QED) is 0.292. The Hall–Kier alpha value is -2.32. The third-order valence-electron chi connectivity index (χ3n) is 2.39. The Morgan fingerprint density at radius 1 is 1.45 bits per heavy atom. The fraction of sp³-hybridized carbons (Fsp3) is 0.273. The summed E-state index contributed by atoms with van der Waals surface area (Å²) >= 11 is 0. The lowest BCUT2D eigenvalue weighted by molar-refractivity contribution is -0.140. The van der Waals surface area contributed by atoms with Gasteiger partial charge in [-0.05, 0) is 18.2 Å². The second-order valence-electron chi connectivity index (χ2n) is 3.94. The normalized spacial score (nSPS) is 12.3. The molecule has 0 aliphatic rings. The van der Waals surface area contributed by atoms with Crippen LogP contribution in [0.4, 0.5) is 17.6 Å². The van der Waals surface area contributed by atoms with Crippen molar-refractivity contribution in [1.82, 2.24) is 4.90 Å². The molecule has 0 aromatic heterocycles. The summed E-state index contributed by atoms with van der Waals surface area (Å²) in [6.45, 7) is -0.284. The number of oxime groups is 1. The van der Waals surface area contributed by atoms with Gasteiger partial charge in [-0.2, -0.15) is 13.2 Å². The summed E-state index contributed by atoms with van der Waals surface area (Å²) < 4.78 is 50.6. The van der Waals surface area contributed by atoms with Gasteiger partial charge in [-0.3, -0.25) is 4.79 Å². The van der Waals surface area contributed by atoms with Crippen LogP contribution in [0.5, 0.6) is 0 Å². The van der Waals surface area contributed by atoms with Crippen molar-refractivity contribution in [3.05, 3.63) is 35.1 Å². The maximum Gasteiger partial charge on any atom is 0.419 e. The molecule has 9 heteroatoms. The zero-order valence-electron chi connectivity index (χ0n) is 10.3. The minimum Gasteiger partial charge on any atom is -0.409 e. The van der Waals surface area contributed by atoms with Crippen LogP contribution in [-0.4, -0.2) is 35.4 Å². The van der Waals surface area contributed by atoms with E-state index in [0.29, 0.717) is 12.1 Å². The summed E-state index contributed by atoms with van der Waals surface area (Å²) in [7, 11) is 1.25. The molecular weight excluding hydrogens is 282 g/mol. The first-order valence-corrected chi connectivity index (χ1v) is 5.25. The third kappa shape index (κ3) is 3.59. The fourth-order valence-electron chi connectivity index (χ4n) is 1.44. The van der Waals surface area contributed by atoms with Crippen molar-refractivity contribution in [2.75, 3.05) is 13.6 Å². The summed E-state index contributed by atoms with van der Waals surface area (Å²) in [6.07, 6.45) is -4.90. The highest BCUT2D eigenvalue weighted by atomic mass is 19.4. The van der Waals surface area contributed by atoms with Gasteiger partial charge in [0.25, 0.3) is 5.91 Å². The first-order chi connectivity index (χ1) is 9.16. The van der Waals surface area contributed by atoms with E-state index >= 15 is 0 Å². The molecule has 3 N–H and O–H groups in total. The summed E-state index contributed by atoms with van der Waals surface area (Å²) in [5.41, 5.74) is 3.30. The number of halogens is 4. The molecule has 0 aliphatic carbocycles. The molecule has 0 radical (unpaired) electrons. The van der Waals surface area contributed by atoms with Crippen molar-refractivity contribution in [3.63, 3.8) is 0 Å². The summed E-state index contributed by atoms with van der Waals surface area (Å²) in [4.78, 5) is 12.8. The van der Waals surface area contributed by atoms with Gasteiger partial charge in [0, 0.05) is 12.6 Å². The van der Waals surface area contributed by atoms with Gasteiger partial charge in [0.1, 0.15) is 5.82 Å². The number of alkyl halides is 3. The second-order valence-corrected chi connectivity index (χ2v) is 3.94. The van der Waals surface area contributed by atoms with Gasteiger partial charge in [-0.25, -0.2) is 4.39 Å². The van der Waals surface area contributed by atoms with Gasteiger partial charge in [0.05, 0.1) is 12.1 Å². The van der Waals surface area contributed by atoms with Gasteiger partial charge < -0.3 is 15.8 Å².